The molecule has 1 aliphatic carbocycles. The smallest absolute Gasteiger partial charge is 0.307 e. The molecule has 0 radical (unpaired) electrons. The molecule has 0 unspecified atom stereocenters. The van der Waals surface area contributed by atoms with Crippen LogP contribution in [-0.2, 0) is 14.4 Å². The van der Waals surface area contributed by atoms with Crippen molar-refractivity contribution in [3.05, 3.63) is 0 Å². The molecule has 1 spiro atoms. The van der Waals surface area contributed by atoms with E-state index in [1.165, 1.54) is 5.01 Å². The predicted octanol–water partition coefficient (Wildman–Crippen LogP) is 0.308. The van der Waals surface area contributed by atoms with Gasteiger partial charge in [0.15, 0.2) is 0 Å². The zero-order valence-electron chi connectivity index (χ0n) is 12.0. The summed E-state index contributed by atoms with van der Waals surface area (Å²) in [6, 6.07) is 0. The quantitative estimate of drug-likeness (QED) is 0.793. The van der Waals surface area contributed by atoms with Gasteiger partial charge in [0.2, 0.25) is 5.91 Å². The Labute approximate surface area is 122 Å². The van der Waals surface area contributed by atoms with E-state index in [9.17, 15) is 14.4 Å². The number of carbonyl (C=O) groups excluding carboxylic acids is 2. The van der Waals surface area contributed by atoms with Crippen LogP contribution in [0.25, 0.3) is 0 Å². The maximum absolute atomic E-state index is 12.4. The van der Waals surface area contributed by atoms with Gasteiger partial charge in [-0.05, 0) is 24.7 Å². The maximum Gasteiger partial charge on any atom is 0.307 e. The predicted molar refractivity (Wildman–Crippen MR) is 73.4 cm³/mol. The van der Waals surface area contributed by atoms with Gasteiger partial charge < -0.3 is 10.0 Å². The number of hydrogen-bond acceptors (Lipinski definition) is 4. The second-order valence-electron chi connectivity index (χ2n) is 6.21. The van der Waals surface area contributed by atoms with Crippen LogP contribution >= 0.6 is 0 Å². The van der Waals surface area contributed by atoms with Crippen molar-refractivity contribution in [2.24, 2.45) is 16.4 Å². The second-order valence-corrected chi connectivity index (χ2v) is 6.21. The molecular weight excluding hydrogens is 274 g/mol. The third-order valence-electron chi connectivity index (χ3n) is 4.99. The highest BCUT2D eigenvalue weighted by Crippen LogP contribution is 2.59. The Hall–Kier alpha value is -1.92. The molecule has 1 atom stereocenters. The molecule has 3 aliphatic rings. The van der Waals surface area contributed by atoms with Gasteiger partial charge in [-0.2, -0.15) is 5.10 Å². The molecule has 1 saturated carbocycles. The van der Waals surface area contributed by atoms with Gasteiger partial charge in [-0.3, -0.25) is 14.4 Å². The lowest BCUT2D eigenvalue weighted by Gasteiger charge is -2.33. The Morgan fingerprint density at radius 3 is 2.48 bits per heavy atom. The number of hydrogen-bond donors (Lipinski definition) is 1. The van der Waals surface area contributed by atoms with E-state index >= 15 is 0 Å². The number of carbonyl (C=O) groups is 3. The van der Waals surface area contributed by atoms with Crippen molar-refractivity contribution < 1.29 is 19.5 Å². The topological polar surface area (TPSA) is 90.3 Å². The van der Waals surface area contributed by atoms with Crippen LogP contribution in [0.1, 0.15) is 32.1 Å². The first-order chi connectivity index (χ1) is 9.93. The molecule has 2 heterocycles. The van der Waals surface area contributed by atoms with Gasteiger partial charge in [0.1, 0.15) is 5.71 Å². The summed E-state index contributed by atoms with van der Waals surface area (Å²) in [6.45, 7) is 1.17. The molecule has 3 rings (SSSR count). The standard InChI is InChI=1S/C14H19N3O4/c1-16-11(18)3-2-10(15-16)12(19)17-6-4-14(5-7-17)8-9(14)13(20)21/h9H,2-8H2,1H3,(H,20,21)/t9-/m0/s1. The average molecular weight is 293 g/mol. The van der Waals surface area contributed by atoms with Gasteiger partial charge in [0, 0.05) is 33.0 Å². The molecule has 0 aromatic heterocycles. The van der Waals surface area contributed by atoms with E-state index in [0.29, 0.717) is 31.6 Å². The van der Waals surface area contributed by atoms with Crippen LogP contribution in [0.4, 0.5) is 0 Å². The zero-order chi connectivity index (χ0) is 15.2. The minimum atomic E-state index is -0.716. The highest BCUT2D eigenvalue weighted by molar-refractivity contribution is 6.39. The Morgan fingerprint density at radius 1 is 1.29 bits per heavy atom. The molecule has 7 nitrogen and oxygen atoms in total. The van der Waals surface area contributed by atoms with Crippen molar-refractivity contribution in [3.63, 3.8) is 0 Å². The third kappa shape index (κ3) is 2.41. The molecule has 114 valence electrons. The van der Waals surface area contributed by atoms with Gasteiger partial charge in [-0.15, -0.1) is 0 Å². The average Bonchev–Trinajstić information content (AvgIpc) is 3.16. The zero-order valence-corrected chi connectivity index (χ0v) is 12.0. The molecular formula is C14H19N3O4. The molecule has 0 bridgehead atoms. The fourth-order valence-electron chi connectivity index (χ4n) is 3.41. The lowest BCUT2D eigenvalue weighted by molar-refractivity contribution is -0.139. The molecule has 21 heavy (non-hydrogen) atoms. The Bertz CT molecular complexity index is 534. The third-order valence-corrected chi connectivity index (χ3v) is 4.99. The van der Waals surface area contributed by atoms with E-state index in [1.54, 1.807) is 11.9 Å². The number of hydrazone groups is 1. The lowest BCUT2D eigenvalue weighted by Crippen LogP contribution is -2.45. The van der Waals surface area contributed by atoms with Gasteiger partial charge in [0.05, 0.1) is 5.92 Å². The SMILES string of the molecule is CN1N=C(C(=O)N2CCC3(CC2)C[C@H]3C(=O)O)CCC1=O. The Kier molecular flexibility index (Phi) is 3.22. The Morgan fingerprint density at radius 2 is 1.95 bits per heavy atom. The maximum atomic E-state index is 12.4. The number of carboxylic acids is 1. The number of nitrogens with zero attached hydrogens (tertiary/aromatic N) is 3. The fraction of sp³-hybridized carbons (Fsp3) is 0.714. The Balaban J connectivity index is 1.60. The number of aliphatic carboxylic acids is 1. The first-order valence-electron chi connectivity index (χ1n) is 7.29. The lowest BCUT2D eigenvalue weighted by atomic mass is 9.90. The van der Waals surface area contributed by atoms with Crippen LogP contribution in [0.2, 0.25) is 0 Å². The molecule has 2 fully saturated rings. The molecule has 1 N–H and O–H groups in total. The van der Waals surface area contributed by atoms with E-state index in [1.807, 2.05) is 0 Å². The first-order valence-corrected chi connectivity index (χ1v) is 7.29. The largest absolute Gasteiger partial charge is 0.481 e. The van der Waals surface area contributed by atoms with Crippen LogP contribution in [0.15, 0.2) is 5.10 Å². The fourth-order valence-corrected chi connectivity index (χ4v) is 3.41. The second kappa shape index (κ2) is 4.82. The van der Waals surface area contributed by atoms with E-state index in [-0.39, 0.29) is 23.1 Å². The molecule has 2 aliphatic heterocycles. The van der Waals surface area contributed by atoms with Crippen molar-refractivity contribution >= 4 is 23.5 Å². The molecule has 2 amide bonds. The number of carboxylic acid groups (broad SMARTS) is 1. The minimum Gasteiger partial charge on any atom is -0.481 e. The van der Waals surface area contributed by atoms with Gasteiger partial charge in [-0.25, -0.2) is 5.01 Å². The van der Waals surface area contributed by atoms with Gasteiger partial charge >= 0.3 is 5.97 Å². The van der Waals surface area contributed by atoms with Crippen molar-refractivity contribution in [1.29, 1.82) is 0 Å². The van der Waals surface area contributed by atoms with Crippen LogP contribution in [0, 0.1) is 11.3 Å². The summed E-state index contributed by atoms with van der Waals surface area (Å²) in [5.74, 6) is -1.14. The van der Waals surface area contributed by atoms with E-state index in [0.717, 1.165) is 19.3 Å². The first kappa shape index (κ1) is 14.0. The van der Waals surface area contributed by atoms with Crippen molar-refractivity contribution in [3.8, 4) is 0 Å². The van der Waals surface area contributed by atoms with Crippen molar-refractivity contribution in [2.75, 3.05) is 20.1 Å². The van der Waals surface area contributed by atoms with Crippen molar-refractivity contribution in [1.82, 2.24) is 9.91 Å². The van der Waals surface area contributed by atoms with Crippen LogP contribution in [-0.4, -0.2) is 58.6 Å². The van der Waals surface area contributed by atoms with Gasteiger partial charge in [0.25, 0.3) is 5.91 Å². The molecule has 7 heteroatoms. The number of amides is 2. The number of piperidine rings is 1. The highest BCUT2D eigenvalue weighted by atomic mass is 16.4. The normalized spacial score (nSPS) is 27.6. The summed E-state index contributed by atoms with van der Waals surface area (Å²) in [6.07, 6.45) is 2.94. The highest BCUT2D eigenvalue weighted by Gasteiger charge is 2.59. The summed E-state index contributed by atoms with van der Waals surface area (Å²) in [4.78, 5) is 36.5. The van der Waals surface area contributed by atoms with E-state index in [4.69, 9.17) is 5.11 Å². The van der Waals surface area contributed by atoms with Crippen LogP contribution in [0.3, 0.4) is 0 Å². The summed E-state index contributed by atoms with van der Waals surface area (Å²) >= 11 is 0. The van der Waals surface area contributed by atoms with Crippen LogP contribution in [0.5, 0.6) is 0 Å². The monoisotopic (exact) mass is 293 g/mol. The van der Waals surface area contributed by atoms with E-state index < -0.39 is 5.97 Å². The summed E-state index contributed by atoms with van der Waals surface area (Å²) in [7, 11) is 1.56. The van der Waals surface area contributed by atoms with E-state index in [2.05, 4.69) is 5.10 Å². The van der Waals surface area contributed by atoms with Gasteiger partial charge in [-0.1, -0.05) is 0 Å². The molecule has 0 aromatic rings. The number of rotatable bonds is 2. The molecule has 1 saturated heterocycles. The van der Waals surface area contributed by atoms with Crippen molar-refractivity contribution in [2.45, 2.75) is 32.1 Å². The number of likely N-dealkylation sites (tertiary alicyclic amines) is 1. The summed E-state index contributed by atoms with van der Waals surface area (Å²) in [5.41, 5.74) is 0.350. The molecule has 0 aromatic carbocycles. The van der Waals surface area contributed by atoms with Crippen LogP contribution < -0.4 is 0 Å². The minimum absolute atomic E-state index is 0.0774. The summed E-state index contributed by atoms with van der Waals surface area (Å²) < 4.78 is 0. The summed E-state index contributed by atoms with van der Waals surface area (Å²) in [5, 5.41) is 14.3.